The largest absolute Gasteiger partial charge is 0.375 e. The van der Waals surface area contributed by atoms with Gasteiger partial charge in [0.1, 0.15) is 28.7 Å². The second kappa shape index (κ2) is 7.56. The van der Waals surface area contributed by atoms with Crippen molar-refractivity contribution < 1.29 is 4.79 Å². The summed E-state index contributed by atoms with van der Waals surface area (Å²) < 4.78 is 1.43. The van der Waals surface area contributed by atoms with Crippen LogP contribution in [-0.4, -0.2) is 30.1 Å². The third-order valence-corrected chi connectivity index (χ3v) is 5.02. The molecule has 0 bridgehead atoms. The number of hydrogen-bond acceptors (Lipinski definition) is 5. The lowest BCUT2D eigenvalue weighted by atomic mass is 10.0. The maximum Gasteiger partial charge on any atom is 0.277 e. The number of carbonyl (C=O) groups excluding carboxylic acids is 1. The average Bonchev–Trinajstić information content (AvgIpc) is 2.97. The van der Waals surface area contributed by atoms with Crippen molar-refractivity contribution in [2.45, 2.75) is 19.5 Å². The lowest BCUT2D eigenvalue weighted by Crippen LogP contribution is -2.46. The Morgan fingerprint density at radius 1 is 1.38 bits per heavy atom. The molecule has 1 unspecified atom stereocenters. The maximum atomic E-state index is 13.4. The molecule has 2 aromatic rings. The van der Waals surface area contributed by atoms with E-state index in [0.29, 0.717) is 27.7 Å². The summed E-state index contributed by atoms with van der Waals surface area (Å²) in [6, 6.07) is 8.62. The van der Waals surface area contributed by atoms with Crippen LogP contribution in [0.25, 0.3) is 0 Å². The van der Waals surface area contributed by atoms with Gasteiger partial charge in [-0.1, -0.05) is 23.7 Å². The number of aliphatic imine (C=N–C) groups is 1. The Balaban J connectivity index is 2.19. The van der Waals surface area contributed by atoms with Crippen LogP contribution in [0.15, 0.2) is 52.0 Å². The van der Waals surface area contributed by atoms with Gasteiger partial charge in [0, 0.05) is 18.1 Å². The number of hydrogen-bond donors (Lipinski definition) is 4. The van der Waals surface area contributed by atoms with Gasteiger partial charge in [0.15, 0.2) is 0 Å². The van der Waals surface area contributed by atoms with E-state index in [0.717, 1.165) is 0 Å². The fourth-order valence-corrected chi connectivity index (χ4v) is 3.56. The fourth-order valence-electron chi connectivity index (χ4n) is 3.37. The molecule has 150 valence electrons. The summed E-state index contributed by atoms with van der Waals surface area (Å²) in [5.41, 5.74) is 0.341. The molecule has 9 heteroatoms. The molecule has 0 saturated carbocycles. The third kappa shape index (κ3) is 3.54. The van der Waals surface area contributed by atoms with Gasteiger partial charge in [-0.2, -0.15) is 0 Å². The minimum absolute atomic E-state index is 0.0690. The van der Waals surface area contributed by atoms with Crippen molar-refractivity contribution in [2.24, 2.45) is 4.99 Å². The molecule has 29 heavy (non-hydrogen) atoms. The second-order valence-electron chi connectivity index (χ2n) is 6.74. The highest BCUT2D eigenvalue weighted by Gasteiger charge is 2.42. The van der Waals surface area contributed by atoms with E-state index in [4.69, 9.17) is 17.0 Å². The Labute approximate surface area is 172 Å². The number of nitrogens with one attached hydrogen (secondary N) is 4. The number of nitrogens with zero attached hydrogens (tertiary/aromatic N) is 2. The Morgan fingerprint density at radius 2 is 2.10 bits per heavy atom. The number of pyridine rings is 1. The normalized spacial score (nSPS) is 18.1. The Bertz CT molecular complexity index is 1120. The van der Waals surface area contributed by atoms with Gasteiger partial charge in [0.25, 0.3) is 11.5 Å². The average molecular weight is 413 g/mol. The van der Waals surface area contributed by atoms with Gasteiger partial charge in [-0.3, -0.25) is 19.6 Å². The number of halogens is 1. The van der Waals surface area contributed by atoms with E-state index < -0.39 is 11.2 Å². The molecular weight excluding hydrogens is 392 g/mol. The standard InChI is InChI=1S/C20H21ClN6O2/c1-11-8-14(25-16(24-4)10-15(22)23-3)19(29)27-17(11)18(28)26-20(27,2)12-6-5-7-13(21)9-12/h5-10,22,24-25H,3H2,1-2,4H3,(H,26,28). The van der Waals surface area contributed by atoms with Crippen LogP contribution in [0.3, 0.4) is 0 Å². The Morgan fingerprint density at radius 3 is 2.72 bits per heavy atom. The molecule has 8 nitrogen and oxygen atoms in total. The van der Waals surface area contributed by atoms with Crippen molar-refractivity contribution in [3.05, 3.63) is 74.4 Å². The van der Waals surface area contributed by atoms with Crippen LogP contribution in [0.2, 0.25) is 5.02 Å². The smallest absolute Gasteiger partial charge is 0.277 e. The molecule has 1 aliphatic heterocycles. The van der Waals surface area contributed by atoms with Crippen LogP contribution < -0.4 is 21.5 Å². The molecule has 0 aliphatic carbocycles. The van der Waals surface area contributed by atoms with Crippen molar-refractivity contribution in [3.8, 4) is 0 Å². The molecule has 0 saturated heterocycles. The number of fused-ring (bicyclic) bond motifs is 1. The van der Waals surface area contributed by atoms with Crippen LogP contribution in [0.1, 0.15) is 28.5 Å². The molecule has 1 aromatic heterocycles. The van der Waals surface area contributed by atoms with E-state index in [2.05, 4.69) is 27.7 Å². The molecule has 3 rings (SSSR count). The monoisotopic (exact) mass is 412 g/mol. The summed E-state index contributed by atoms with van der Waals surface area (Å²) in [5, 5.41) is 16.9. The van der Waals surface area contributed by atoms with Gasteiger partial charge in [0.05, 0.1) is 0 Å². The highest BCUT2D eigenvalue weighted by Crippen LogP contribution is 2.32. The van der Waals surface area contributed by atoms with Crippen molar-refractivity contribution in [3.63, 3.8) is 0 Å². The maximum absolute atomic E-state index is 13.4. The summed E-state index contributed by atoms with van der Waals surface area (Å²) in [5.74, 6) is -0.0164. The number of carbonyl (C=O) groups is 1. The first-order valence-electron chi connectivity index (χ1n) is 8.78. The SMILES string of the molecule is C=NC(=N)C=C(NC)Nc1cc(C)c2n(c1=O)C(C)(c1cccc(Cl)c1)NC2=O. The number of rotatable bonds is 5. The van der Waals surface area contributed by atoms with Crippen molar-refractivity contribution >= 4 is 35.7 Å². The van der Waals surface area contributed by atoms with Crippen molar-refractivity contribution in [1.29, 1.82) is 5.41 Å². The second-order valence-corrected chi connectivity index (χ2v) is 7.18. The summed E-state index contributed by atoms with van der Waals surface area (Å²) in [4.78, 5) is 29.6. The third-order valence-electron chi connectivity index (χ3n) is 4.79. The highest BCUT2D eigenvalue weighted by molar-refractivity contribution is 6.30. The van der Waals surface area contributed by atoms with Crippen LogP contribution in [0, 0.1) is 12.3 Å². The quantitative estimate of drug-likeness (QED) is 0.446. The van der Waals surface area contributed by atoms with E-state index in [1.807, 2.05) is 0 Å². The van der Waals surface area contributed by atoms with E-state index >= 15 is 0 Å². The fraction of sp³-hybridized carbons (Fsp3) is 0.200. The van der Waals surface area contributed by atoms with Crippen LogP contribution >= 0.6 is 11.6 Å². The zero-order chi connectivity index (χ0) is 21.3. The van der Waals surface area contributed by atoms with E-state index in [1.54, 1.807) is 51.2 Å². The molecule has 0 spiro atoms. The lowest BCUT2D eigenvalue weighted by Gasteiger charge is -2.28. The molecule has 1 amide bonds. The number of aromatic nitrogens is 1. The first-order valence-corrected chi connectivity index (χ1v) is 9.16. The van der Waals surface area contributed by atoms with Crippen molar-refractivity contribution in [1.82, 2.24) is 15.2 Å². The molecule has 1 atom stereocenters. The van der Waals surface area contributed by atoms with Gasteiger partial charge in [0.2, 0.25) is 0 Å². The molecule has 4 N–H and O–H groups in total. The van der Waals surface area contributed by atoms with Gasteiger partial charge < -0.3 is 16.0 Å². The predicted octanol–water partition coefficient (Wildman–Crippen LogP) is 2.43. The zero-order valence-electron chi connectivity index (χ0n) is 16.3. The molecule has 1 aliphatic rings. The van der Waals surface area contributed by atoms with Gasteiger partial charge in [-0.25, -0.2) is 4.99 Å². The van der Waals surface area contributed by atoms with Crippen LogP contribution in [-0.2, 0) is 5.66 Å². The van der Waals surface area contributed by atoms with Crippen LogP contribution in [0.4, 0.5) is 5.69 Å². The topological polar surface area (TPSA) is 111 Å². The van der Waals surface area contributed by atoms with E-state index in [-0.39, 0.29) is 17.4 Å². The van der Waals surface area contributed by atoms with Crippen molar-refractivity contribution in [2.75, 3.05) is 12.4 Å². The minimum Gasteiger partial charge on any atom is -0.375 e. The summed E-state index contributed by atoms with van der Waals surface area (Å²) in [6.45, 7) is 6.82. The first kappa shape index (κ1) is 20.3. The highest BCUT2D eigenvalue weighted by atomic mass is 35.5. The van der Waals surface area contributed by atoms with Crippen LogP contribution in [0.5, 0.6) is 0 Å². The summed E-state index contributed by atoms with van der Waals surface area (Å²) in [6.07, 6.45) is 1.40. The minimum atomic E-state index is -1.10. The van der Waals surface area contributed by atoms with Gasteiger partial charge >= 0.3 is 0 Å². The number of amidine groups is 1. The van der Waals surface area contributed by atoms with Gasteiger partial charge in [-0.15, -0.1) is 0 Å². The summed E-state index contributed by atoms with van der Waals surface area (Å²) in [7, 11) is 1.65. The first-order chi connectivity index (χ1) is 13.7. The number of aryl methyl sites for hydroxylation is 1. The van der Waals surface area contributed by atoms with E-state index in [1.165, 1.54) is 10.6 Å². The predicted molar refractivity (Wildman–Crippen MR) is 115 cm³/mol. The lowest BCUT2D eigenvalue weighted by molar-refractivity contribution is 0.0941. The number of anilines is 1. The number of benzene rings is 1. The number of amides is 1. The summed E-state index contributed by atoms with van der Waals surface area (Å²) >= 11 is 6.14. The molecule has 2 heterocycles. The Hall–Kier alpha value is -3.39. The van der Waals surface area contributed by atoms with Gasteiger partial charge in [-0.05, 0) is 49.9 Å². The Kier molecular flexibility index (Phi) is 5.30. The molecule has 0 fully saturated rings. The molecular formula is C20H21ClN6O2. The molecule has 1 aromatic carbocycles. The molecule has 0 radical (unpaired) electrons. The van der Waals surface area contributed by atoms with E-state index in [9.17, 15) is 9.59 Å². The zero-order valence-corrected chi connectivity index (χ0v) is 17.0.